The molecule has 8 nitrogen and oxygen atoms in total. The first-order valence-electron chi connectivity index (χ1n) is 10.8. The van der Waals surface area contributed by atoms with Crippen molar-refractivity contribution >= 4 is 17.8 Å². The first kappa shape index (κ1) is 23.1. The van der Waals surface area contributed by atoms with Crippen LogP contribution in [0.3, 0.4) is 0 Å². The highest BCUT2D eigenvalue weighted by Crippen LogP contribution is 2.30. The predicted octanol–water partition coefficient (Wildman–Crippen LogP) is 2.36. The summed E-state index contributed by atoms with van der Waals surface area (Å²) in [6, 6.07) is 7.40. The molecule has 170 valence electrons. The van der Waals surface area contributed by atoms with Gasteiger partial charge in [0, 0.05) is 31.1 Å². The molecule has 3 rings (SSSR count). The first-order valence-corrected chi connectivity index (χ1v) is 10.8. The largest absolute Gasteiger partial charge is 0.494 e. The van der Waals surface area contributed by atoms with E-state index in [1.165, 1.54) is 0 Å². The van der Waals surface area contributed by atoms with Crippen LogP contribution >= 0.6 is 0 Å². The normalized spacial score (nSPS) is 20.6. The van der Waals surface area contributed by atoms with E-state index in [1.54, 1.807) is 12.1 Å². The molecule has 1 amide bonds. The lowest BCUT2D eigenvalue weighted by Gasteiger charge is -2.24. The Labute approximate surface area is 183 Å². The topological polar surface area (TPSA) is 106 Å². The minimum atomic E-state index is -1.15. The van der Waals surface area contributed by atoms with Gasteiger partial charge in [-0.3, -0.25) is 9.59 Å². The van der Waals surface area contributed by atoms with Gasteiger partial charge in [-0.1, -0.05) is 0 Å². The van der Waals surface area contributed by atoms with Gasteiger partial charge in [-0.25, -0.2) is 4.99 Å². The number of esters is 1. The van der Waals surface area contributed by atoms with Gasteiger partial charge in [0.2, 0.25) is 5.90 Å². The van der Waals surface area contributed by atoms with Crippen molar-refractivity contribution in [1.82, 2.24) is 5.32 Å². The molecule has 0 radical (unpaired) electrons. The number of hydrogen-bond acceptors (Lipinski definition) is 7. The lowest BCUT2D eigenvalue weighted by atomic mass is 9.94. The zero-order valence-corrected chi connectivity index (χ0v) is 18.5. The molecule has 1 heterocycles. The molecular formula is C23H32N2O6. The van der Waals surface area contributed by atoms with Crippen LogP contribution in [0.1, 0.15) is 58.4 Å². The minimum Gasteiger partial charge on any atom is -0.494 e. The predicted molar refractivity (Wildman–Crippen MR) is 115 cm³/mol. The highest BCUT2D eigenvalue weighted by molar-refractivity contribution is 6.00. The third kappa shape index (κ3) is 6.69. The van der Waals surface area contributed by atoms with Crippen LogP contribution in [0, 0.1) is 0 Å². The van der Waals surface area contributed by atoms with E-state index in [4.69, 9.17) is 19.3 Å². The number of nitrogens with one attached hydrogen (secondary N) is 1. The number of rotatable bonds is 10. The van der Waals surface area contributed by atoms with Crippen LogP contribution in [-0.4, -0.2) is 59.9 Å². The molecule has 1 aromatic carbocycles. The molecule has 0 aromatic heterocycles. The van der Waals surface area contributed by atoms with E-state index < -0.39 is 11.1 Å². The first-order chi connectivity index (χ1) is 14.7. The molecule has 1 aromatic rings. The summed E-state index contributed by atoms with van der Waals surface area (Å²) in [5.41, 5.74) is -0.999. The van der Waals surface area contributed by atoms with Crippen LogP contribution in [-0.2, 0) is 19.1 Å². The monoisotopic (exact) mass is 432 g/mol. The Morgan fingerprint density at radius 1 is 1.26 bits per heavy atom. The van der Waals surface area contributed by atoms with Crippen LogP contribution in [0.4, 0.5) is 0 Å². The molecule has 1 aliphatic heterocycles. The number of amides is 1. The van der Waals surface area contributed by atoms with Gasteiger partial charge in [-0.15, -0.1) is 0 Å². The number of carbonyl (C=O) groups is 2. The molecule has 0 spiro atoms. The summed E-state index contributed by atoms with van der Waals surface area (Å²) in [5, 5.41) is 11.8. The minimum absolute atomic E-state index is 0.0765. The molecule has 0 saturated heterocycles. The average Bonchev–Trinajstić information content (AvgIpc) is 3.41. The molecule has 8 heteroatoms. The fourth-order valence-electron chi connectivity index (χ4n) is 3.15. The maximum absolute atomic E-state index is 13.0. The van der Waals surface area contributed by atoms with E-state index in [0.717, 1.165) is 18.4 Å². The lowest BCUT2D eigenvalue weighted by Crippen LogP contribution is -2.48. The quantitative estimate of drug-likeness (QED) is 0.434. The number of nitrogens with zero attached hydrogens (tertiary/aromatic N) is 1. The Kier molecular flexibility index (Phi) is 7.20. The van der Waals surface area contributed by atoms with E-state index in [1.807, 2.05) is 32.9 Å². The average molecular weight is 433 g/mol. The smallest absolute Gasteiger partial charge is 0.306 e. The van der Waals surface area contributed by atoms with Crippen LogP contribution < -0.4 is 10.1 Å². The molecule has 0 unspecified atom stereocenters. The molecule has 1 atom stereocenters. The van der Waals surface area contributed by atoms with Gasteiger partial charge in [0.05, 0.1) is 6.61 Å². The summed E-state index contributed by atoms with van der Waals surface area (Å²) in [6.45, 7) is 6.03. The number of benzene rings is 1. The molecule has 31 heavy (non-hydrogen) atoms. The Balaban J connectivity index is 1.71. The van der Waals surface area contributed by atoms with Crippen LogP contribution in [0.2, 0.25) is 0 Å². The number of aliphatic hydroxyl groups excluding tert-OH is 1. The van der Waals surface area contributed by atoms with Crippen molar-refractivity contribution in [3.8, 4) is 5.75 Å². The van der Waals surface area contributed by atoms with Gasteiger partial charge in [-0.2, -0.15) is 0 Å². The van der Waals surface area contributed by atoms with Crippen molar-refractivity contribution in [2.45, 2.75) is 70.1 Å². The number of ether oxygens (including phenoxy) is 3. The highest BCUT2D eigenvalue weighted by atomic mass is 16.6. The van der Waals surface area contributed by atoms with E-state index in [9.17, 15) is 9.59 Å². The SMILES string of the molecule is CC(C)(C)OC(=O)CC[C@]1(C(=O)NC2CC2)COC(c2ccc(OCCCO)cc2)=N1. The maximum Gasteiger partial charge on any atom is 0.306 e. The van der Waals surface area contributed by atoms with Gasteiger partial charge in [0.25, 0.3) is 5.91 Å². The summed E-state index contributed by atoms with van der Waals surface area (Å²) in [6.07, 6.45) is 2.78. The van der Waals surface area contributed by atoms with Crippen molar-refractivity contribution < 1.29 is 28.9 Å². The second-order valence-corrected chi connectivity index (χ2v) is 9.02. The van der Waals surface area contributed by atoms with Crippen molar-refractivity contribution in [3.63, 3.8) is 0 Å². The van der Waals surface area contributed by atoms with Crippen molar-refractivity contribution in [3.05, 3.63) is 29.8 Å². The van der Waals surface area contributed by atoms with E-state index in [-0.39, 0.29) is 44.0 Å². The number of aliphatic imine (C=N–C) groups is 1. The standard InChI is InChI=1S/C23H32N2O6/c1-22(2,3)31-19(27)11-12-23(21(28)24-17-7-8-17)15-30-20(25-23)16-5-9-18(10-6-16)29-14-4-13-26/h5-6,9-10,17,26H,4,7-8,11-15H2,1-3H3,(H,24,28)/t23-/m1/s1. The third-order valence-corrected chi connectivity index (χ3v) is 4.93. The van der Waals surface area contributed by atoms with Crippen LogP contribution in [0.15, 0.2) is 29.3 Å². The van der Waals surface area contributed by atoms with Crippen LogP contribution in [0.25, 0.3) is 0 Å². The summed E-state index contributed by atoms with van der Waals surface area (Å²) in [4.78, 5) is 29.9. The zero-order valence-electron chi connectivity index (χ0n) is 18.5. The van der Waals surface area contributed by atoms with E-state index in [2.05, 4.69) is 10.3 Å². The summed E-state index contributed by atoms with van der Waals surface area (Å²) < 4.78 is 16.7. The van der Waals surface area contributed by atoms with Crippen molar-refractivity contribution in [1.29, 1.82) is 0 Å². The van der Waals surface area contributed by atoms with Gasteiger partial charge in [-0.05, 0) is 64.3 Å². The molecule has 1 aliphatic carbocycles. The molecule has 2 N–H and O–H groups in total. The van der Waals surface area contributed by atoms with E-state index in [0.29, 0.717) is 24.7 Å². The number of carbonyl (C=O) groups excluding carboxylic acids is 2. The zero-order chi connectivity index (χ0) is 22.5. The third-order valence-electron chi connectivity index (χ3n) is 4.93. The van der Waals surface area contributed by atoms with Gasteiger partial charge < -0.3 is 24.6 Å². The summed E-state index contributed by atoms with van der Waals surface area (Å²) in [5.74, 6) is 0.479. The fourth-order valence-corrected chi connectivity index (χ4v) is 3.15. The Morgan fingerprint density at radius 3 is 2.58 bits per heavy atom. The van der Waals surface area contributed by atoms with Crippen molar-refractivity contribution in [2.24, 2.45) is 4.99 Å². The second kappa shape index (κ2) is 9.68. The van der Waals surface area contributed by atoms with Gasteiger partial charge in [0.15, 0.2) is 5.54 Å². The molecule has 0 bridgehead atoms. The van der Waals surface area contributed by atoms with E-state index >= 15 is 0 Å². The Bertz CT molecular complexity index is 810. The Hall–Kier alpha value is -2.61. The molecular weight excluding hydrogens is 400 g/mol. The van der Waals surface area contributed by atoms with Gasteiger partial charge >= 0.3 is 5.97 Å². The Morgan fingerprint density at radius 2 is 1.97 bits per heavy atom. The second-order valence-electron chi connectivity index (χ2n) is 9.02. The van der Waals surface area contributed by atoms with Crippen LogP contribution in [0.5, 0.6) is 5.75 Å². The fraction of sp³-hybridized carbons (Fsp3) is 0.609. The molecule has 1 saturated carbocycles. The molecule has 1 fully saturated rings. The summed E-state index contributed by atoms with van der Waals surface area (Å²) >= 11 is 0. The van der Waals surface area contributed by atoms with Crippen molar-refractivity contribution in [2.75, 3.05) is 19.8 Å². The number of aliphatic hydroxyl groups is 1. The highest BCUT2D eigenvalue weighted by Gasteiger charge is 2.46. The maximum atomic E-state index is 13.0. The van der Waals surface area contributed by atoms with Gasteiger partial charge in [0.1, 0.15) is 18.0 Å². The molecule has 2 aliphatic rings. The summed E-state index contributed by atoms with van der Waals surface area (Å²) in [7, 11) is 0. The number of hydrogen-bond donors (Lipinski definition) is 2. The lowest BCUT2D eigenvalue weighted by molar-refractivity contribution is -0.155.